The molecule has 0 unspecified atom stereocenters. The molecule has 34 heavy (non-hydrogen) atoms. The number of non-ortho nitro benzene ring substituents is 1. The molecule has 176 valence electrons. The Bertz CT molecular complexity index is 1270. The van der Waals surface area contributed by atoms with Crippen LogP contribution in [-0.4, -0.2) is 50.7 Å². The van der Waals surface area contributed by atoms with E-state index in [1.165, 1.54) is 12.1 Å². The first-order valence-corrected chi connectivity index (χ1v) is 11.9. The van der Waals surface area contributed by atoms with Gasteiger partial charge in [-0.3, -0.25) is 19.7 Å². The number of aromatic nitrogens is 1. The summed E-state index contributed by atoms with van der Waals surface area (Å²) < 4.78 is 0. The summed E-state index contributed by atoms with van der Waals surface area (Å²) in [6.07, 6.45) is 4.56. The summed E-state index contributed by atoms with van der Waals surface area (Å²) in [6, 6.07) is 13.1. The average Bonchev–Trinajstić information content (AvgIpc) is 3.22. The zero-order valence-electron chi connectivity index (χ0n) is 19.2. The lowest BCUT2D eigenvalue weighted by Crippen LogP contribution is -2.63. The molecule has 0 spiro atoms. The number of H-pyrrole nitrogens is 1. The normalized spacial score (nSPS) is 19.9. The highest BCUT2D eigenvalue weighted by Gasteiger charge is 2.48. The van der Waals surface area contributed by atoms with Gasteiger partial charge in [-0.05, 0) is 23.6 Å². The molecule has 1 N–H and O–H groups in total. The number of hydrogen-bond acceptors (Lipinski definition) is 4. The van der Waals surface area contributed by atoms with Crippen molar-refractivity contribution in [3.63, 3.8) is 0 Å². The number of aromatic amines is 1. The predicted molar refractivity (Wildman–Crippen MR) is 128 cm³/mol. The molecular weight excluding hydrogens is 432 g/mol. The fourth-order valence-electron chi connectivity index (χ4n) is 5.40. The third-order valence-electron chi connectivity index (χ3n) is 7.02. The lowest BCUT2D eigenvalue weighted by atomic mass is 9.86. The van der Waals surface area contributed by atoms with E-state index in [1.807, 2.05) is 24.3 Å². The van der Waals surface area contributed by atoms with Gasteiger partial charge in [-0.2, -0.15) is 0 Å². The Balaban J connectivity index is 1.59. The van der Waals surface area contributed by atoms with Gasteiger partial charge in [-0.15, -0.1) is 0 Å². The van der Waals surface area contributed by atoms with E-state index in [1.54, 1.807) is 21.9 Å². The van der Waals surface area contributed by atoms with Crippen molar-refractivity contribution in [2.24, 2.45) is 0 Å². The van der Waals surface area contributed by atoms with Gasteiger partial charge >= 0.3 is 0 Å². The maximum Gasteiger partial charge on any atom is 0.269 e. The number of piperazine rings is 1. The molecule has 2 atom stereocenters. The minimum atomic E-state index is -0.622. The van der Waals surface area contributed by atoms with Crippen molar-refractivity contribution in [1.29, 1.82) is 0 Å². The second-order valence-corrected chi connectivity index (χ2v) is 9.16. The summed E-state index contributed by atoms with van der Waals surface area (Å²) >= 11 is 0. The predicted octanol–water partition coefficient (Wildman–Crippen LogP) is 4.34. The summed E-state index contributed by atoms with van der Waals surface area (Å²) in [5.41, 5.74) is 3.35. The van der Waals surface area contributed by atoms with Crippen LogP contribution in [0.5, 0.6) is 0 Å². The number of unbranched alkanes of at least 4 members (excludes halogenated alkanes) is 3. The molecule has 3 heterocycles. The van der Waals surface area contributed by atoms with E-state index in [2.05, 4.69) is 11.9 Å². The van der Waals surface area contributed by atoms with E-state index < -0.39 is 17.0 Å². The van der Waals surface area contributed by atoms with Crippen LogP contribution in [0.1, 0.15) is 55.5 Å². The highest BCUT2D eigenvalue weighted by molar-refractivity contribution is 5.97. The molecule has 1 aromatic heterocycles. The number of nitrogens with one attached hydrogen (secondary N) is 1. The van der Waals surface area contributed by atoms with Gasteiger partial charge in [0.1, 0.15) is 6.04 Å². The molecule has 2 aromatic carbocycles. The van der Waals surface area contributed by atoms with Gasteiger partial charge in [0.05, 0.1) is 17.5 Å². The highest BCUT2D eigenvalue weighted by Crippen LogP contribution is 2.43. The topological polar surface area (TPSA) is 99.5 Å². The van der Waals surface area contributed by atoms with Gasteiger partial charge in [0.25, 0.3) is 5.69 Å². The number of hydrogen-bond donors (Lipinski definition) is 1. The molecule has 8 heteroatoms. The highest BCUT2D eigenvalue weighted by atomic mass is 16.6. The Labute approximate surface area is 197 Å². The van der Waals surface area contributed by atoms with Crippen molar-refractivity contribution >= 4 is 28.4 Å². The van der Waals surface area contributed by atoms with Crippen LogP contribution in [0.25, 0.3) is 10.9 Å². The van der Waals surface area contributed by atoms with Crippen LogP contribution in [0.3, 0.4) is 0 Å². The number of para-hydroxylation sites is 1. The van der Waals surface area contributed by atoms with Crippen LogP contribution in [0.4, 0.5) is 5.69 Å². The second-order valence-electron chi connectivity index (χ2n) is 9.16. The van der Waals surface area contributed by atoms with Crippen LogP contribution in [0.15, 0.2) is 48.5 Å². The number of carbonyl (C=O) groups excluding carboxylic acids is 2. The monoisotopic (exact) mass is 460 g/mol. The molecule has 1 saturated heterocycles. The molecule has 5 rings (SSSR count). The van der Waals surface area contributed by atoms with Crippen molar-refractivity contribution in [3.8, 4) is 0 Å². The SMILES string of the molecule is CCCCCCN1CC(=O)N2[C@H](c3cccc([N+](=O)[O-])c3)c3[nH]c4ccccc4c3C[C@H]2C1=O. The third kappa shape index (κ3) is 3.73. The van der Waals surface area contributed by atoms with E-state index in [-0.39, 0.29) is 24.0 Å². The average molecular weight is 461 g/mol. The Hall–Kier alpha value is -3.68. The number of carbonyl (C=O) groups is 2. The van der Waals surface area contributed by atoms with Gasteiger partial charge in [-0.1, -0.05) is 56.5 Å². The molecule has 0 saturated carbocycles. The minimum absolute atomic E-state index is 0.0365. The van der Waals surface area contributed by atoms with Crippen molar-refractivity contribution in [3.05, 3.63) is 75.5 Å². The first kappa shape index (κ1) is 22.1. The lowest BCUT2D eigenvalue weighted by Gasteiger charge is -2.47. The van der Waals surface area contributed by atoms with Crippen LogP contribution in [-0.2, 0) is 16.0 Å². The van der Waals surface area contributed by atoms with Crippen LogP contribution in [0.2, 0.25) is 0 Å². The lowest BCUT2D eigenvalue weighted by molar-refractivity contribution is -0.384. The van der Waals surface area contributed by atoms with E-state index >= 15 is 0 Å². The third-order valence-corrected chi connectivity index (χ3v) is 7.02. The van der Waals surface area contributed by atoms with Gasteiger partial charge in [-0.25, -0.2) is 0 Å². The maximum atomic E-state index is 13.6. The molecule has 1 fully saturated rings. The Morgan fingerprint density at radius 3 is 2.71 bits per heavy atom. The van der Waals surface area contributed by atoms with Gasteiger partial charge < -0.3 is 14.8 Å². The Morgan fingerprint density at radius 2 is 1.91 bits per heavy atom. The summed E-state index contributed by atoms with van der Waals surface area (Å²) in [7, 11) is 0. The van der Waals surface area contributed by atoms with Crippen molar-refractivity contribution < 1.29 is 14.5 Å². The summed E-state index contributed by atoms with van der Waals surface area (Å²) in [4.78, 5) is 44.9. The maximum absolute atomic E-state index is 13.6. The number of fused-ring (bicyclic) bond motifs is 4. The minimum Gasteiger partial charge on any atom is -0.356 e. The first-order valence-electron chi connectivity index (χ1n) is 11.9. The molecule has 2 aliphatic heterocycles. The number of benzene rings is 2. The van der Waals surface area contributed by atoms with E-state index in [9.17, 15) is 19.7 Å². The summed E-state index contributed by atoms with van der Waals surface area (Å²) in [5, 5.41) is 12.5. The molecule has 0 radical (unpaired) electrons. The molecule has 3 aromatic rings. The molecule has 2 amide bonds. The number of amides is 2. The van der Waals surface area contributed by atoms with Crippen molar-refractivity contribution in [1.82, 2.24) is 14.8 Å². The smallest absolute Gasteiger partial charge is 0.269 e. The Kier molecular flexibility index (Phi) is 5.81. The number of rotatable bonds is 7. The molecule has 0 bridgehead atoms. The molecule has 8 nitrogen and oxygen atoms in total. The van der Waals surface area contributed by atoms with Gasteiger partial charge in [0, 0.05) is 41.7 Å². The van der Waals surface area contributed by atoms with Gasteiger partial charge in [0.2, 0.25) is 11.8 Å². The standard InChI is InChI=1S/C26H28N4O4/c1-2-3-4-7-13-28-16-23(31)29-22(26(28)32)15-20-19-11-5-6-12-21(19)27-24(20)25(29)17-9-8-10-18(14-17)30(33)34/h5-6,8-12,14,22,25,27H,2-4,7,13,15-16H2,1H3/t22-,25+/m0/s1. The number of nitro benzene ring substituents is 1. The van der Waals surface area contributed by atoms with Crippen molar-refractivity contribution in [2.75, 3.05) is 13.1 Å². The molecule has 2 aliphatic rings. The van der Waals surface area contributed by atoms with Crippen LogP contribution >= 0.6 is 0 Å². The second kappa shape index (κ2) is 8.93. The first-order chi connectivity index (χ1) is 16.5. The fourth-order valence-corrected chi connectivity index (χ4v) is 5.40. The fraction of sp³-hybridized carbons (Fsp3) is 0.385. The van der Waals surface area contributed by atoms with Crippen molar-refractivity contribution in [2.45, 2.75) is 51.1 Å². The Morgan fingerprint density at radius 1 is 1.09 bits per heavy atom. The van der Waals surface area contributed by atoms with E-state index in [0.717, 1.165) is 47.8 Å². The van der Waals surface area contributed by atoms with E-state index in [0.29, 0.717) is 18.5 Å². The zero-order valence-corrected chi connectivity index (χ0v) is 19.2. The summed E-state index contributed by atoms with van der Waals surface area (Å²) in [5.74, 6) is -0.164. The quantitative estimate of drug-likeness (QED) is 0.322. The number of nitrogens with zero attached hydrogens (tertiary/aromatic N) is 3. The molecular formula is C26H28N4O4. The van der Waals surface area contributed by atoms with Crippen LogP contribution in [0, 0.1) is 10.1 Å². The van der Waals surface area contributed by atoms with Crippen LogP contribution < -0.4 is 0 Å². The molecule has 0 aliphatic carbocycles. The number of nitro groups is 1. The largest absolute Gasteiger partial charge is 0.356 e. The van der Waals surface area contributed by atoms with Gasteiger partial charge in [0.15, 0.2) is 0 Å². The summed E-state index contributed by atoms with van der Waals surface area (Å²) in [6.45, 7) is 2.77. The van der Waals surface area contributed by atoms with E-state index in [4.69, 9.17) is 0 Å². The zero-order chi connectivity index (χ0) is 23.8.